The molecule has 116 valence electrons. The zero-order valence-corrected chi connectivity index (χ0v) is 13.0. The van der Waals surface area contributed by atoms with E-state index in [2.05, 4.69) is 24.1 Å². The molecule has 2 N–H and O–H groups in total. The SMILES string of the molecule is CCC(O)CC1CC=CC(CC(O)c2ccccc2)N1C. The van der Waals surface area contributed by atoms with Crippen LogP contribution in [0.3, 0.4) is 0 Å². The molecule has 2 rings (SSSR count). The van der Waals surface area contributed by atoms with Gasteiger partial charge < -0.3 is 10.2 Å². The van der Waals surface area contributed by atoms with E-state index in [4.69, 9.17) is 0 Å². The summed E-state index contributed by atoms with van der Waals surface area (Å²) in [5, 5.41) is 20.3. The summed E-state index contributed by atoms with van der Waals surface area (Å²) in [5.74, 6) is 0. The molecule has 21 heavy (non-hydrogen) atoms. The highest BCUT2D eigenvalue weighted by molar-refractivity contribution is 5.18. The fraction of sp³-hybridized carbons (Fsp3) is 0.556. The zero-order chi connectivity index (χ0) is 15.2. The molecule has 4 atom stereocenters. The van der Waals surface area contributed by atoms with Gasteiger partial charge in [0.2, 0.25) is 0 Å². The number of hydrogen-bond donors (Lipinski definition) is 2. The molecule has 1 heterocycles. The van der Waals surface area contributed by atoms with E-state index < -0.39 is 6.10 Å². The average molecular weight is 289 g/mol. The number of benzene rings is 1. The second-order valence-corrected chi connectivity index (χ2v) is 6.01. The Morgan fingerprint density at radius 2 is 1.90 bits per heavy atom. The maximum atomic E-state index is 10.4. The first kappa shape index (κ1) is 16.2. The maximum absolute atomic E-state index is 10.4. The summed E-state index contributed by atoms with van der Waals surface area (Å²) in [6.45, 7) is 2.01. The number of rotatable bonds is 6. The van der Waals surface area contributed by atoms with E-state index in [0.29, 0.717) is 12.5 Å². The molecule has 0 amide bonds. The van der Waals surface area contributed by atoms with Crippen LogP contribution in [0.25, 0.3) is 0 Å². The van der Waals surface area contributed by atoms with Crippen LogP contribution >= 0.6 is 0 Å². The van der Waals surface area contributed by atoms with E-state index >= 15 is 0 Å². The fourth-order valence-electron chi connectivity index (χ4n) is 2.99. The fourth-order valence-corrected chi connectivity index (χ4v) is 2.99. The highest BCUT2D eigenvalue weighted by Gasteiger charge is 2.27. The number of aliphatic hydroxyl groups excluding tert-OH is 2. The maximum Gasteiger partial charge on any atom is 0.0808 e. The summed E-state index contributed by atoms with van der Waals surface area (Å²) < 4.78 is 0. The second-order valence-electron chi connectivity index (χ2n) is 6.01. The first-order valence-corrected chi connectivity index (χ1v) is 7.91. The Kier molecular flexibility index (Phi) is 5.97. The van der Waals surface area contributed by atoms with E-state index in [1.54, 1.807) is 0 Å². The first-order valence-electron chi connectivity index (χ1n) is 7.91. The molecule has 1 aliphatic rings. The van der Waals surface area contributed by atoms with Crippen LogP contribution in [0.5, 0.6) is 0 Å². The van der Waals surface area contributed by atoms with Gasteiger partial charge in [-0.25, -0.2) is 0 Å². The van der Waals surface area contributed by atoms with Crippen molar-refractivity contribution in [3.05, 3.63) is 48.0 Å². The molecule has 0 saturated heterocycles. The van der Waals surface area contributed by atoms with Gasteiger partial charge in [0.25, 0.3) is 0 Å². The minimum atomic E-state index is -0.446. The molecule has 1 aromatic carbocycles. The highest BCUT2D eigenvalue weighted by atomic mass is 16.3. The lowest BCUT2D eigenvalue weighted by atomic mass is 9.93. The van der Waals surface area contributed by atoms with Gasteiger partial charge in [-0.3, -0.25) is 4.90 Å². The number of aliphatic hydroxyl groups is 2. The van der Waals surface area contributed by atoms with Crippen LogP contribution in [-0.2, 0) is 0 Å². The van der Waals surface area contributed by atoms with Gasteiger partial charge in [-0.15, -0.1) is 0 Å². The van der Waals surface area contributed by atoms with Crippen molar-refractivity contribution >= 4 is 0 Å². The molecule has 0 aromatic heterocycles. The van der Waals surface area contributed by atoms with Crippen molar-refractivity contribution < 1.29 is 10.2 Å². The molecule has 3 nitrogen and oxygen atoms in total. The van der Waals surface area contributed by atoms with Gasteiger partial charge in [0.05, 0.1) is 12.2 Å². The molecule has 0 aliphatic carbocycles. The van der Waals surface area contributed by atoms with Gasteiger partial charge in [0.1, 0.15) is 0 Å². The third-order valence-corrected chi connectivity index (χ3v) is 4.53. The molecular weight excluding hydrogens is 262 g/mol. The van der Waals surface area contributed by atoms with Crippen LogP contribution in [-0.4, -0.2) is 40.3 Å². The van der Waals surface area contributed by atoms with E-state index in [1.165, 1.54) is 0 Å². The Bertz CT molecular complexity index is 446. The van der Waals surface area contributed by atoms with Crippen molar-refractivity contribution in [2.75, 3.05) is 7.05 Å². The molecule has 0 bridgehead atoms. The Morgan fingerprint density at radius 3 is 2.57 bits per heavy atom. The van der Waals surface area contributed by atoms with E-state index in [-0.39, 0.29) is 12.1 Å². The largest absolute Gasteiger partial charge is 0.393 e. The Balaban J connectivity index is 1.96. The van der Waals surface area contributed by atoms with Crippen LogP contribution in [0.15, 0.2) is 42.5 Å². The van der Waals surface area contributed by atoms with Crippen LogP contribution < -0.4 is 0 Å². The smallest absolute Gasteiger partial charge is 0.0808 e. The van der Waals surface area contributed by atoms with Crippen molar-refractivity contribution in [2.24, 2.45) is 0 Å². The van der Waals surface area contributed by atoms with Crippen molar-refractivity contribution in [3.63, 3.8) is 0 Å². The van der Waals surface area contributed by atoms with Gasteiger partial charge in [-0.05, 0) is 38.3 Å². The molecule has 0 radical (unpaired) electrons. The van der Waals surface area contributed by atoms with E-state index in [0.717, 1.165) is 24.8 Å². The summed E-state index contributed by atoms with van der Waals surface area (Å²) in [5.41, 5.74) is 0.968. The van der Waals surface area contributed by atoms with Crippen molar-refractivity contribution in [2.45, 2.75) is 56.9 Å². The Morgan fingerprint density at radius 1 is 1.19 bits per heavy atom. The molecular formula is C18H27NO2. The second kappa shape index (κ2) is 7.74. The summed E-state index contributed by atoms with van der Waals surface area (Å²) >= 11 is 0. The lowest BCUT2D eigenvalue weighted by molar-refractivity contribution is 0.0727. The van der Waals surface area contributed by atoms with Gasteiger partial charge in [-0.2, -0.15) is 0 Å². The minimum absolute atomic E-state index is 0.225. The van der Waals surface area contributed by atoms with Gasteiger partial charge in [-0.1, -0.05) is 49.4 Å². The standard InChI is InChI=1S/C18H27NO2/c1-3-17(20)12-15-10-7-11-16(19(15)2)13-18(21)14-8-5-4-6-9-14/h4-9,11,15-18,20-21H,3,10,12-13H2,1-2H3. The number of likely N-dealkylation sites (N-methyl/N-ethyl adjacent to an activating group) is 1. The Hall–Kier alpha value is -1.16. The van der Waals surface area contributed by atoms with Crippen molar-refractivity contribution in [1.29, 1.82) is 0 Å². The molecule has 0 saturated carbocycles. The lowest BCUT2D eigenvalue weighted by Crippen LogP contribution is -2.43. The molecule has 1 aliphatic heterocycles. The predicted molar refractivity (Wildman–Crippen MR) is 86.0 cm³/mol. The van der Waals surface area contributed by atoms with Crippen LogP contribution in [0.1, 0.15) is 44.3 Å². The lowest BCUT2D eigenvalue weighted by Gasteiger charge is -2.38. The third-order valence-electron chi connectivity index (χ3n) is 4.53. The zero-order valence-electron chi connectivity index (χ0n) is 13.0. The van der Waals surface area contributed by atoms with Crippen LogP contribution in [0, 0.1) is 0 Å². The summed E-state index contributed by atoms with van der Waals surface area (Å²) in [4.78, 5) is 2.30. The minimum Gasteiger partial charge on any atom is -0.393 e. The third kappa shape index (κ3) is 4.40. The van der Waals surface area contributed by atoms with Crippen LogP contribution in [0.4, 0.5) is 0 Å². The summed E-state index contributed by atoms with van der Waals surface area (Å²) in [7, 11) is 2.10. The normalized spacial score (nSPS) is 25.7. The summed E-state index contributed by atoms with van der Waals surface area (Å²) in [6.07, 6.45) is 6.96. The monoisotopic (exact) mass is 289 g/mol. The summed E-state index contributed by atoms with van der Waals surface area (Å²) in [6, 6.07) is 10.4. The quantitative estimate of drug-likeness (QED) is 0.791. The van der Waals surface area contributed by atoms with Gasteiger partial charge >= 0.3 is 0 Å². The van der Waals surface area contributed by atoms with Crippen LogP contribution in [0.2, 0.25) is 0 Å². The van der Waals surface area contributed by atoms with Crippen molar-refractivity contribution in [1.82, 2.24) is 4.90 Å². The topological polar surface area (TPSA) is 43.7 Å². The van der Waals surface area contributed by atoms with E-state index in [1.807, 2.05) is 37.3 Å². The highest BCUT2D eigenvalue weighted by Crippen LogP contribution is 2.27. The number of hydrogen-bond acceptors (Lipinski definition) is 3. The molecule has 4 unspecified atom stereocenters. The van der Waals surface area contributed by atoms with E-state index in [9.17, 15) is 10.2 Å². The average Bonchev–Trinajstić information content (AvgIpc) is 2.52. The molecule has 1 aromatic rings. The molecule has 0 spiro atoms. The first-order chi connectivity index (χ1) is 10.1. The molecule has 3 heteroatoms. The molecule has 0 fully saturated rings. The van der Waals surface area contributed by atoms with Gasteiger partial charge in [0, 0.05) is 12.1 Å². The van der Waals surface area contributed by atoms with Gasteiger partial charge in [0.15, 0.2) is 0 Å². The predicted octanol–water partition coefficient (Wildman–Crippen LogP) is 2.90. The number of nitrogens with zero attached hydrogens (tertiary/aromatic N) is 1. The Labute approximate surface area is 127 Å². The van der Waals surface area contributed by atoms with Crippen molar-refractivity contribution in [3.8, 4) is 0 Å².